The molecule has 1 atom stereocenters. The molecule has 0 aliphatic heterocycles. The number of nitrogens with zero attached hydrogens (tertiary/aromatic N) is 1. The fraction of sp³-hybridized carbons (Fsp3) is 0.357. The summed E-state index contributed by atoms with van der Waals surface area (Å²) in [6, 6.07) is 4.41. The van der Waals surface area contributed by atoms with E-state index in [1.54, 1.807) is 0 Å². The summed E-state index contributed by atoms with van der Waals surface area (Å²) in [6.45, 7) is 0. The van der Waals surface area contributed by atoms with Crippen molar-refractivity contribution in [3.05, 3.63) is 29.8 Å². The first-order valence-electron chi connectivity index (χ1n) is 6.24. The van der Waals surface area contributed by atoms with Gasteiger partial charge in [-0.2, -0.15) is 13.2 Å². The van der Waals surface area contributed by atoms with Crippen LogP contribution in [0.3, 0.4) is 0 Å². The number of halogens is 3. The summed E-state index contributed by atoms with van der Waals surface area (Å²) in [4.78, 5) is 26.4. The molecular weight excluding hydrogens is 287 g/mol. The smallest absolute Gasteiger partial charge is 0.416 e. The van der Waals surface area contributed by atoms with Crippen LogP contribution in [0.4, 0.5) is 18.9 Å². The van der Waals surface area contributed by atoms with Crippen LogP contribution in [0.2, 0.25) is 0 Å². The van der Waals surface area contributed by atoms with Crippen molar-refractivity contribution in [2.24, 2.45) is 10.9 Å². The van der Waals surface area contributed by atoms with Gasteiger partial charge in [0.25, 0.3) is 0 Å². The highest BCUT2D eigenvalue weighted by Gasteiger charge is 2.31. The summed E-state index contributed by atoms with van der Waals surface area (Å²) in [5, 5.41) is 8.93. The Bertz CT molecular complexity index is 608. The first kappa shape index (κ1) is 15.2. The number of carboxylic acids is 1. The molecule has 21 heavy (non-hydrogen) atoms. The van der Waals surface area contributed by atoms with Gasteiger partial charge in [-0.25, -0.2) is 0 Å². The Kier molecular flexibility index (Phi) is 4.11. The molecule has 1 aromatic rings. The van der Waals surface area contributed by atoms with E-state index >= 15 is 0 Å². The Morgan fingerprint density at radius 2 is 2.00 bits per heavy atom. The van der Waals surface area contributed by atoms with Crippen LogP contribution in [0.1, 0.15) is 24.8 Å². The van der Waals surface area contributed by atoms with Gasteiger partial charge in [0, 0.05) is 18.6 Å². The average molecular weight is 299 g/mol. The second-order valence-corrected chi connectivity index (χ2v) is 4.88. The monoisotopic (exact) mass is 299 g/mol. The topological polar surface area (TPSA) is 66.7 Å². The highest BCUT2D eigenvalue weighted by molar-refractivity contribution is 6.07. The molecule has 0 heterocycles. The van der Waals surface area contributed by atoms with Gasteiger partial charge in [-0.1, -0.05) is 6.07 Å². The highest BCUT2D eigenvalue weighted by Crippen LogP contribution is 2.32. The quantitative estimate of drug-likeness (QED) is 0.911. The first-order chi connectivity index (χ1) is 9.75. The summed E-state index contributed by atoms with van der Waals surface area (Å²) in [6.07, 6.45) is -4.46. The van der Waals surface area contributed by atoms with Gasteiger partial charge < -0.3 is 5.11 Å². The van der Waals surface area contributed by atoms with Gasteiger partial charge in [-0.05, 0) is 24.6 Å². The van der Waals surface area contributed by atoms with Crippen molar-refractivity contribution in [3.8, 4) is 0 Å². The van der Waals surface area contributed by atoms with Crippen molar-refractivity contribution in [1.29, 1.82) is 0 Å². The van der Waals surface area contributed by atoms with Crippen LogP contribution in [-0.4, -0.2) is 22.6 Å². The van der Waals surface area contributed by atoms with Crippen LogP contribution in [0.5, 0.6) is 0 Å². The molecule has 0 bridgehead atoms. The maximum atomic E-state index is 12.6. The molecule has 1 N–H and O–H groups in total. The van der Waals surface area contributed by atoms with E-state index in [1.165, 1.54) is 12.1 Å². The van der Waals surface area contributed by atoms with E-state index in [0.29, 0.717) is 5.71 Å². The van der Waals surface area contributed by atoms with Gasteiger partial charge in [0.05, 0.1) is 17.2 Å². The summed E-state index contributed by atoms with van der Waals surface area (Å²) in [5.74, 6) is -2.21. The lowest BCUT2D eigenvalue weighted by Crippen LogP contribution is -2.28. The molecule has 1 unspecified atom stereocenters. The Morgan fingerprint density at radius 3 is 2.62 bits per heavy atom. The van der Waals surface area contributed by atoms with E-state index in [2.05, 4.69) is 4.99 Å². The Labute approximate surface area is 118 Å². The van der Waals surface area contributed by atoms with Crippen molar-refractivity contribution in [2.45, 2.75) is 25.4 Å². The lowest BCUT2D eigenvalue weighted by molar-refractivity contribution is -0.143. The van der Waals surface area contributed by atoms with Crippen LogP contribution >= 0.6 is 0 Å². The van der Waals surface area contributed by atoms with Crippen molar-refractivity contribution in [1.82, 2.24) is 0 Å². The number of hydrogen-bond donors (Lipinski definition) is 1. The largest absolute Gasteiger partial charge is 0.481 e. The van der Waals surface area contributed by atoms with Crippen molar-refractivity contribution < 1.29 is 27.9 Å². The van der Waals surface area contributed by atoms with Crippen LogP contribution in [-0.2, 0) is 15.8 Å². The number of hydrogen-bond acceptors (Lipinski definition) is 3. The minimum Gasteiger partial charge on any atom is -0.481 e. The predicted molar refractivity (Wildman–Crippen MR) is 68.5 cm³/mol. The second-order valence-electron chi connectivity index (χ2n) is 4.88. The molecular formula is C14H12F3NO3. The van der Waals surface area contributed by atoms with E-state index in [4.69, 9.17) is 5.11 Å². The lowest BCUT2D eigenvalue weighted by Gasteiger charge is -2.18. The van der Waals surface area contributed by atoms with Gasteiger partial charge >= 0.3 is 12.1 Å². The third-order valence-electron chi connectivity index (χ3n) is 3.17. The van der Waals surface area contributed by atoms with E-state index in [0.717, 1.165) is 12.1 Å². The molecule has 0 aromatic heterocycles. The summed E-state index contributed by atoms with van der Waals surface area (Å²) < 4.78 is 37.8. The van der Waals surface area contributed by atoms with Crippen molar-refractivity contribution in [2.75, 3.05) is 0 Å². The highest BCUT2D eigenvalue weighted by atomic mass is 19.4. The van der Waals surface area contributed by atoms with Gasteiger partial charge in [-0.3, -0.25) is 14.6 Å². The van der Waals surface area contributed by atoms with Gasteiger partial charge in [0.1, 0.15) is 5.78 Å². The number of carbonyl (C=O) groups is 2. The molecule has 0 saturated heterocycles. The molecule has 112 valence electrons. The first-order valence-corrected chi connectivity index (χ1v) is 6.24. The molecule has 2 rings (SSSR count). The number of aliphatic imine (C=N–C) groups is 1. The zero-order valence-electron chi connectivity index (χ0n) is 10.9. The number of carbonyl (C=O) groups excluding carboxylic acids is 1. The predicted octanol–water partition coefficient (Wildman–Crippen LogP) is 3.23. The summed E-state index contributed by atoms with van der Waals surface area (Å²) in [5.41, 5.74) is -0.460. The third kappa shape index (κ3) is 3.90. The SMILES string of the molecule is O=C1CC(=Nc2cccc(C(F)(F)F)c2)CC(C(=O)O)C1. The van der Waals surface area contributed by atoms with Crippen LogP contribution < -0.4 is 0 Å². The van der Waals surface area contributed by atoms with E-state index in [-0.39, 0.29) is 30.7 Å². The number of Topliss-reactive ketones (excluding diaryl/α,β-unsaturated/α-hetero) is 1. The molecule has 1 aromatic carbocycles. The van der Waals surface area contributed by atoms with Crippen LogP contribution in [0.15, 0.2) is 29.3 Å². The molecule has 1 aliphatic rings. The lowest BCUT2D eigenvalue weighted by atomic mass is 9.87. The van der Waals surface area contributed by atoms with Gasteiger partial charge in [0.2, 0.25) is 0 Å². The fourth-order valence-electron chi connectivity index (χ4n) is 2.20. The van der Waals surface area contributed by atoms with Crippen molar-refractivity contribution in [3.63, 3.8) is 0 Å². The number of rotatable bonds is 2. The minimum atomic E-state index is -4.47. The molecule has 1 saturated carbocycles. The Hall–Kier alpha value is -2.18. The normalized spacial score (nSPS) is 21.6. The van der Waals surface area contributed by atoms with Gasteiger partial charge in [0.15, 0.2) is 0 Å². The third-order valence-corrected chi connectivity index (χ3v) is 3.17. The van der Waals surface area contributed by atoms with E-state index in [9.17, 15) is 22.8 Å². The number of ketones is 1. The zero-order valence-corrected chi connectivity index (χ0v) is 10.9. The van der Waals surface area contributed by atoms with Crippen LogP contribution in [0.25, 0.3) is 0 Å². The van der Waals surface area contributed by atoms with Crippen molar-refractivity contribution >= 4 is 23.2 Å². The molecule has 0 radical (unpaired) electrons. The number of carboxylic acid groups (broad SMARTS) is 1. The molecule has 1 aliphatic carbocycles. The summed E-state index contributed by atoms with van der Waals surface area (Å²) >= 11 is 0. The van der Waals surface area contributed by atoms with E-state index < -0.39 is 23.6 Å². The molecule has 4 nitrogen and oxygen atoms in total. The summed E-state index contributed by atoms with van der Waals surface area (Å²) in [7, 11) is 0. The standard InChI is InChI=1S/C14H12F3NO3/c15-14(16,17)9-2-1-3-10(6-9)18-11-4-8(13(20)21)5-12(19)7-11/h1-3,6,8H,4-5,7H2,(H,20,21). The van der Waals surface area contributed by atoms with Gasteiger partial charge in [-0.15, -0.1) is 0 Å². The second kappa shape index (κ2) is 5.67. The molecule has 0 amide bonds. The maximum Gasteiger partial charge on any atom is 0.416 e. The fourth-order valence-corrected chi connectivity index (χ4v) is 2.20. The molecule has 0 spiro atoms. The number of alkyl halides is 3. The van der Waals surface area contributed by atoms with Crippen LogP contribution in [0, 0.1) is 5.92 Å². The van der Waals surface area contributed by atoms with E-state index in [1.807, 2.05) is 0 Å². The number of benzene rings is 1. The average Bonchev–Trinajstić information content (AvgIpc) is 2.37. The molecule has 1 fully saturated rings. The molecule has 7 heteroatoms. The maximum absolute atomic E-state index is 12.6. The Balaban J connectivity index is 2.26. The minimum absolute atomic E-state index is 0.0139. The number of aliphatic carboxylic acids is 1. The Morgan fingerprint density at radius 1 is 1.29 bits per heavy atom. The zero-order chi connectivity index (χ0) is 15.6.